The molecule has 0 aliphatic heterocycles. The Morgan fingerprint density at radius 2 is 2.29 bits per heavy atom. The molecule has 2 aromatic heterocycles. The molecule has 0 bridgehead atoms. The minimum absolute atomic E-state index is 0.565. The van der Waals surface area contributed by atoms with Gasteiger partial charge in [0.05, 0.1) is 22.6 Å². The molecular weight excluding hydrogens is 258 g/mol. The van der Waals surface area contributed by atoms with Crippen LogP contribution in [-0.4, -0.2) is 14.7 Å². The predicted octanol–water partition coefficient (Wildman–Crippen LogP) is 3.39. The highest BCUT2D eigenvalue weighted by Crippen LogP contribution is 2.23. The van der Waals surface area contributed by atoms with Gasteiger partial charge in [-0.1, -0.05) is 22.8 Å². The number of hydrogen-bond acceptors (Lipinski definition) is 3. The van der Waals surface area contributed by atoms with E-state index >= 15 is 0 Å². The number of halogens is 1. The monoisotopic (exact) mass is 265 g/mol. The molecule has 1 aromatic carbocycles. The number of fused-ring (bicyclic) bond motifs is 1. The maximum absolute atomic E-state index is 6.10. The Kier molecular flexibility index (Phi) is 2.49. The summed E-state index contributed by atoms with van der Waals surface area (Å²) in [4.78, 5) is 3.10. The molecular formula is C11H8ClN3OS. The number of nitrogens with one attached hydrogen (secondary N) is 1. The highest BCUT2D eigenvalue weighted by molar-refractivity contribution is 7.71. The van der Waals surface area contributed by atoms with Crippen molar-refractivity contribution >= 4 is 34.9 Å². The molecule has 0 spiro atoms. The van der Waals surface area contributed by atoms with Crippen molar-refractivity contribution < 1.29 is 4.52 Å². The summed E-state index contributed by atoms with van der Waals surface area (Å²) in [6.45, 7) is 0.565. The molecule has 0 radical (unpaired) electrons. The Hall–Kier alpha value is -1.59. The number of imidazole rings is 1. The van der Waals surface area contributed by atoms with Crippen LogP contribution in [0.1, 0.15) is 5.69 Å². The molecule has 0 aliphatic rings. The van der Waals surface area contributed by atoms with Gasteiger partial charge in [0.2, 0.25) is 0 Å². The van der Waals surface area contributed by atoms with E-state index in [0.717, 1.165) is 16.7 Å². The van der Waals surface area contributed by atoms with Crippen molar-refractivity contribution in [3.05, 3.63) is 46.0 Å². The summed E-state index contributed by atoms with van der Waals surface area (Å²) in [5.74, 6) is 0. The number of aromatic amines is 1. The molecule has 86 valence electrons. The van der Waals surface area contributed by atoms with Crippen LogP contribution in [0, 0.1) is 4.77 Å². The first-order valence-corrected chi connectivity index (χ1v) is 5.80. The zero-order valence-corrected chi connectivity index (χ0v) is 10.3. The Bertz CT molecular complexity index is 714. The van der Waals surface area contributed by atoms with E-state index in [4.69, 9.17) is 28.3 Å². The first-order chi connectivity index (χ1) is 8.25. The second kappa shape index (κ2) is 4.01. The third-order valence-corrected chi connectivity index (χ3v) is 3.21. The van der Waals surface area contributed by atoms with Crippen molar-refractivity contribution in [2.45, 2.75) is 6.54 Å². The van der Waals surface area contributed by atoms with Crippen molar-refractivity contribution in [2.24, 2.45) is 0 Å². The molecule has 1 N–H and O–H groups in total. The van der Waals surface area contributed by atoms with Crippen LogP contribution in [0.15, 0.2) is 35.1 Å². The van der Waals surface area contributed by atoms with Gasteiger partial charge in [0, 0.05) is 6.07 Å². The molecule has 0 saturated heterocycles. The topological polar surface area (TPSA) is 46.8 Å². The summed E-state index contributed by atoms with van der Waals surface area (Å²) in [5, 5.41) is 4.53. The summed E-state index contributed by atoms with van der Waals surface area (Å²) in [6, 6.07) is 7.50. The van der Waals surface area contributed by atoms with Gasteiger partial charge in [-0.05, 0) is 24.4 Å². The van der Waals surface area contributed by atoms with Gasteiger partial charge < -0.3 is 14.1 Å². The van der Waals surface area contributed by atoms with Crippen LogP contribution in [0.5, 0.6) is 0 Å². The van der Waals surface area contributed by atoms with E-state index in [9.17, 15) is 0 Å². The third kappa shape index (κ3) is 1.77. The zero-order valence-electron chi connectivity index (χ0n) is 8.68. The normalized spacial score (nSPS) is 11.1. The average molecular weight is 266 g/mol. The van der Waals surface area contributed by atoms with E-state index in [1.807, 2.05) is 28.8 Å². The fourth-order valence-corrected chi connectivity index (χ4v) is 2.27. The van der Waals surface area contributed by atoms with Crippen LogP contribution in [-0.2, 0) is 6.54 Å². The predicted molar refractivity (Wildman–Crippen MR) is 67.7 cm³/mol. The van der Waals surface area contributed by atoms with Crippen LogP contribution in [0.3, 0.4) is 0 Å². The molecule has 4 nitrogen and oxygen atoms in total. The minimum Gasteiger partial charge on any atom is -0.364 e. The SMILES string of the molecule is S=c1[nH]c2c(Cl)cccc2n1Cc1ccon1. The van der Waals surface area contributed by atoms with Gasteiger partial charge in [-0.25, -0.2) is 0 Å². The summed E-state index contributed by atoms with van der Waals surface area (Å²) in [6.07, 6.45) is 1.54. The largest absolute Gasteiger partial charge is 0.364 e. The van der Waals surface area contributed by atoms with Gasteiger partial charge in [0.25, 0.3) is 0 Å². The molecule has 0 fully saturated rings. The summed E-state index contributed by atoms with van der Waals surface area (Å²) < 4.78 is 7.37. The van der Waals surface area contributed by atoms with Gasteiger partial charge in [0.1, 0.15) is 12.0 Å². The number of aromatic nitrogens is 3. The second-order valence-electron chi connectivity index (χ2n) is 3.64. The number of para-hydroxylation sites is 1. The summed E-state index contributed by atoms with van der Waals surface area (Å²) in [5.41, 5.74) is 2.63. The van der Waals surface area contributed by atoms with Crippen LogP contribution in [0.25, 0.3) is 11.0 Å². The number of H-pyrrole nitrogens is 1. The van der Waals surface area contributed by atoms with Crippen molar-refractivity contribution in [3.63, 3.8) is 0 Å². The Morgan fingerprint density at radius 3 is 3.06 bits per heavy atom. The first-order valence-electron chi connectivity index (χ1n) is 5.02. The Labute approximate surface area is 107 Å². The fraction of sp³-hybridized carbons (Fsp3) is 0.0909. The fourth-order valence-electron chi connectivity index (χ4n) is 1.78. The number of hydrogen-bond donors (Lipinski definition) is 1. The molecule has 3 aromatic rings. The van der Waals surface area contributed by atoms with E-state index in [2.05, 4.69) is 10.1 Å². The quantitative estimate of drug-likeness (QED) is 0.723. The molecule has 6 heteroatoms. The molecule has 17 heavy (non-hydrogen) atoms. The first kappa shape index (κ1) is 10.6. The number of benzene rings is 1. The smallest absolute Gasteiger partial charge is 0.178 e. The highest BCUT2D eigenvalue weighted by Gasteiger charge is 2.08. The van der Waals surface area contributed by atoms with Crippen LogP contribution < -0.4 is 0 Å². The lowest BCUT2D eigenvalue weighted by Gasteiger charge is -2.01. The van der Waals surface area contributed by atoms with Crippen molar-refractivity contribution in [1.82, 2.24) is 14.7 Å². The Morgan fingerprint density at radius 1 is 1.41 bits per heavy atom. The maximum atomic E-state index is 6.10. The second-order valence-corrected chi connectivity index (χ2v) is 4.43. The van der Waals surface area contributed by atoms with Gasteiger partial charge in [-0.15, -0.1) is 0 Å². The van der Waals surface area contributed by atoms with Crippen molar-refractivity contribution in [2.75, 3.05) is 0 Å². The van der Waals surface area contributed by atoms with E-state index in [1.165, 1.54) is 0 Å². The molecule has 2 heterocycles. The third-order valence-electron chi connectivity index (χ3n) is 2.57. The van der Waals surface area contributed by atoms with Crippen LogP contribution >= 0.6 is 23.8 Å². The minimum atomic E-state index is 0.565. The molecule has 0 atom stereocenters. The Balaban J connectivity index is 2.19. The van der Waals surface area contributed by atoms with Crippen molar-refractivity contribution in [1.29, 1.82) is 0 Å². The molecule has 0 aliphatic carbocycles. The standard InChI is InChI=1S/C11H8ClN3OS/c12-8-2-1-3-9-10(8)13-11(17)15(9)6-7-4-5-16-14-7/h1-5H,6H2,(H,13,17). The van der Waals surface area contributed by atoms with Gasteiger partial charge in [-0.2, -0.15) is 0 Å². The van der Waals surface area contributed by atoms with E-state index in [-0.39, 0.29) is 0 Å². The van der Waals surface area contributed by atoms with Gasteiger partial charge >= 0.3 is 0 Å². The average Bonchev–Trinajstić information content (AvgIpc) is 2.91. The summed E-state index contributed by atoms with van der Waals surface area (Å²) >= 11 is 11.4. The van der Waals surface area contributed by atoms with E-state index in [1.54, 1.807) is 6.26 Å². The maximum Gasteiger partial charge on any atom is 0.178 e. The lowest BCUT2D eigenvalue weighted by molar-refractivity contribution is 0.410. The van der Waals surface area contributed by atoms with Gasteiger partial charge in [-0.3, -0.25) is 0 Å². The molecule has 3 rings (SSSR count). The van der Waals surface area contributed by atoms with E-state index < -0.39 is 0 Å². The molecule has 0 saturated carbocycles. The summed E-state index contributed by atoms with van der Waals surface area (Å²) in [7, 11) is 0. The van der Waals surface area contributed by atoms with E-state index in [0.29, 0.717) is 16.3 Å². The lowest BCUT2D eigenvalue weighted by Crippen LogP contribution is -1.99. The van der Waals surface area contributed by atoms with Gasteiger partial charge in [0.15, 0.2) is 4.77 Å². The highest BCUT2D eigenvalue weighted by atomic mass is 35.5. The lowest BCUT2D eigenvalue weighted by atomic mass is 10.3. The van der Waals surface area contributed by atoms with Crippen LogP contribution in [0.4, 0.5) is 0 Å². The van der Waals surface area contributed by atoms with Crippen molar-refractivity contribution in [3.8, 4) is 0 Å². The number of nitrogens with zero attached hydrogens (tertiary/aromatic N) is 2. The molecule has 0 unspecified atom stereocenters. The number of rotatable bonds is 2. The molecule has 0 amide bonds. The zero-order chi connectivity index (χ0) is 11.8. The van der Waals surface area contributed by atoms with Crippen LogP contribution in [0.2, 0.25) is 5.02 Å².